The Balaban J connectivity index is 1.79. The smallest absolute Gasteiger partial charge is 0.340 e. The molecule has 114 valence electrons. The summed E-state index contributed by atoms with van der Waals surface area (Å²) in [5.41, 5.74) is 2.90. The lowest BCUT2D eigenvalue weighted by atomic mass is 9.89. The molecule has 0 radical (unpaired) electrons. The summed E-state index contributed by atoms with van der Waals surface area (Å²) in [7, 11) is 0. The lowest BCUT2D eigenvalue weighted by Gasteiger charge is -2.27. The monoisotopic (exact) mass is 408 g/mol. The first kappa shape index (κ1) is 15.5. The van der Waals surface area contributed by atoms with E-state index in [1.54, 1.807) is 24.3 Å². The van der Waals surface area contributed by atoms with Crippen LogP contribution in [0.15, 0.2) is 48.5 Å². The van der Waals surface area contributed by atoms with Crippen molar-refractivity contribution < 1.29 is 14.6 Å². The molecular weight excluding hydrogens is 391 g/mol. The maximum atomic E-state index is 12.3. The third kappa shape index (κ3) is 3.17. The molecule has 0 aliphatic heterocycles. The van der Waals surface area contributed by atoms with Gasteiger partial charge >= 0.3 is 5.97 Å². The first-order chi connectivity index (χ1) is 10.7. The number of ether oxygens (including phenoxy) is 1. The van der Waals surface area contributed by atoms with Gasteiger partial charge in [0, 0.05) is 9.13 Å². The summed E-state index contributed by atoms with van der Waals surface area (Å²) in [6.07, 6.45) is 1.32. The van der Waals surface area contributed by atoms with Gasteiger partial charge < -0.3 is 9.84 Å². The molecule has 0 amide bonds. The molecule has 0 bridgehead atoms. The molecule has 1 N–H and O–H groups in total. The summed E-state index contributed by atoms with van der Waals surface area (Å²) >= 11 is 2.28. The van der Waals surface area contributed by atoms with Gasteiger partial charge in [-0.2, -0.15) is 0 Å². The topological polar surface area (TPSA) is 46.5 Å². The molecule has 0 fully saturated rings. The van der Waals surface area contributed by atoms with Gasteiger partial charge in [-0.3, -0.25) is 0 Å². The second kappa shape index (κ2) is 6.79. The second-order valence-corrected chi connectivity index (χ2v) is 6.61. The zero-order valence-corrected chi connectivity index (χ0v) is 14.2. The molecule has 4 heteroatoms. The lowest BCUT2D eigenvalue weighted by Crippen LogP contribution is -2.22. The van der Waals surface area contributed by atoms with Gasteiger partial charge in [0.2, 0.25) is 0 Å². The summed E-state index contributed by atoms with van der Waals surface area (Å²) in [5, 5.41) is 10.2. The number of aliphatic hydroxyl groups excluding tert-OH is 1. The Morgan fingerprint density at radius 1 is 1.18 bits per heavy atom. The van der Waals surface area contributed by atoms with E-state index in [0.717, 1.165) is 28.4 Å². The quantitative estimate of drug-likeness (QED) is 0.618. The van der Waals surface area contributed by atoms with Crippen LogP contribution in [0.1, 0.15) is 41.7 Å². The van der Waals surface area contributed by atoms with E-state index in [2.05, 4.69) is 28.7 Å². The minimum atomic E-state index is -1.23. The van der Waals surface area contributed by atoms with Crippen molar-refractivity contribution in [2.24, 2.45) is 0 Å². The van der Waals surface area contributed by atoms with E-state index in [1.165, 1.54) is 5.56 Å². The number of benzene rings is 2. The fraction of sp³-hybridized carbons (Fsp3) is 0.278. The van der Waals surface area contributed by atoms with Crippen molar-refractivity contribution in [3.8, 4) is 0 Å². The molecule has 1 aliphatic carbocycles. The molecule has 0 unspecified atom stereocenters. The zero-order valence-electron chi connectivity index (χ0n) is 12.0. The van der Waals surface area contributed by atoms with Crippen molar-refractivity contribution in [2.45, 2.75) is 31.5 Å². The van der Waals surface area contributed by atoms with Crippen LogP contribution in [0.4, 0.5) is 0 Å². The lowest BCUT2D eigenvalue weighted by molar-refractivity contribution is -0.160. The van der Waals surface area contributed by atoms with Gasteiger partial charge in [0.1, 0.15) is 6.10 Å². The number of hydrogen-bond acceptors (Lipinski definition) is 3. The second-order valence-electron chi connectivity index (χ2n) is 5.44. The normalized spacial score (nSPS) is 18.4. The highest BCUT2D eigenvalue weighted by Crippen LogP contribution is 2.36. The van der Waals surface area contributed by atoms with Crippen molar-refractivity contribution >= 4 is 28.6 Å². The SMILES string of the molecule is O=C(O[C@H]1CCCc2cccc(I)c21)[C@H](O)c1ccccc1. The van der Waals surface area contributed by atoms with Crippen LogP contribution in [-0.4, -0.2) is 11.1 Å². The number of rotatable bonds is 3. The number of hydrogen-bond donors (Lipinski definition) is 1. The molecule has 1 aliphatic rings. The zero-order chi connectivity index (χ0) is 15.5. The van der Waals surface area contributed by atoms with Crippen LogP contribution >= 0.6 is 22.6 Å². The molecule has 3 rings (SSSR count). The van der Waals surface area contributed by atoms with Crippen LogP contribution < -0.4 is 0 Å². The van der Waals surface area contributed by atoms with Crippen LogP contribution in [0.3, 0.4) is 0 Å². The first-order valence-corrected chi connectivity index (χ1v) is 8.45. The summed E-state index contributed by atoms with van der Waals surface area (Å²) in [4.78, 5) is 12.3. The minimum Gasteiger partial charge on any atom is -0.455 e. The van der Waals surface area contributed by atoms with E-state index in [4.69, 9.17) is 4.74 Å². The van der Waals surface area contributed by atoms with E-state index in [9.17, 15) is 9.90 Å². The molecule has 0 saturated heterocycles. The van der Waals surface area contributed by atoms with E-state index < -0.39 is 12.1 Å². The van der Waals surface area contributed by atoms with E-state index in [1.807, 2.05) is 18.2 Å². The molecule has 0 saturated carbocycles. The standard InChI is InChI=1S/C18H17IO3/c19-14-10-4-8-12-9-5-11-15(16(12)14)22-18(21)17(20)13-6-2-1-3-7-13/h1-4,6-8,10,15,17,20H,5,9,11H2/t15-,17+/m0/s1. The molecule has 2 atom stereocenters. The average molecular weight is 408 g/mol. The van der Waals surface area contributed by atoms with Gasteiger partial charge in [-0.05, 0) is 59.0 Å². The highest BCUT2D eigenvalue weighted by Gasteiger charge is 2.28. The summed E-state index contributed by atoms with van der Waals surface area (Å²) in [5.74, 6) is -0.580. The molecule has 0 heterocycles. The Morgan fingerprint density at radius 2 is 1.95 bits per heavy atom. The molecule has 0 spiro atoms. The van der Waals surface area contributed by atoms with Crippen molar-refractivity contribution in [1.82, 2.24) is 0 Å². The van der Waals surface area contributed by atoms with Gasteiger partial charge in [0.05, 0.1) is 0 Å². The molecule has 2 aromatic carbocycles. The minimum absolute atomic E-state index is 0.261. The third-order valence-electron chi connectivity index (χ3n) is 3.97. The van der Waals surface area contributed by atoms with Crippen LogP contribution in [-0.2, 0) is 16.0 Å². The number of aryl methyl sites for hydroxylation is 1. The maximum absolute atomic E-state index is 12.3. The number of carbonyl (C=O) groups is 1. The molecule has 3 nitrogen and oxygen atoms in total. The van der Waals surface area contributed by atoms with Crippen LogP contribution in [0.5, 0.6) is 0 Å². The molecule has 2 aromatic rings. The van der Waals surface area contributed by atoms with Gasteiger partial charge in [-0.25, -0.2) is 4.79 Å². The fourth-order valence-corrected chi connectivity index (χ4v) is 3.78. The summed E-state index contributed by atoms with van der Waals surface area (Å²) in [6.45, 7) is 0. The van der Waals surface area contributed by atoms with E-state index >= 15 is 0 Å². The number of fused-ring (bicyclic) bond motifs is 1. The predicted molar refractivity (Wildman–Crippen MR) is 92.3 cm³/mol. The van der Waals surface area contributed by atoms with Gasteiger partial charge in [-0.15, -0.1) is 0 Å². The molecule has 0 aromatic heterocycles. The number of aliphatic hydroxyl groups is 1. The number of halogens is 1. The van der Waals surface area contributed by atoms with Crippen molar-refractivity contribution in [3.05, 3.63) is 68.8 Å². The average Bonchev–Trinajstić information content (AvgIpc) is 2.55. The number of carbonyl (C=O) groups excluding carboxylic acids is 1. The Labute approximate surface area is 143 Å². The Morgan fingerprint density at radius 3 is 2.73 bits per heavy atom. The van der Waals surface area contributed by atoms with Crippen LogP contribution in [0.2, 0.25) is 0 Å². The van der Waals surface area contributed by atoms with Crippen molar-refractivity contribution in [3.63, 3.8) is 0 Å². The highest BCUT2D eigenvalue weighted by molar-refractivity contribution is 14.1. The number of esters is 1. The van der Waals surface area contributed by atoms with E-state index in [-0.39, 0.29) is 6.10 Å². The molecule has 22 heavy (non-hydrogen) atoms. The highest BCUT2D eigenvalue weighted by atomic mass is 127. The van der Waals surface area contributed by atoms with Gasteiger partial charge in [0.15, 0.2) is 6.10 Å². The summed E-state index contributed by atoms with van der Waals surface area (Å²) in [6, 6.07) is 15.0. The largest absolute Gasteiger partial charge is 0.455 e. The molecular formula is C18H17IO3. The Kier molecular flexibility index (Phi) is 4.78. The maximum Gasteiger partial charge on any atom is 0.340 e. The van der Waals surface area contributed by atoms with Crippen molar-refractivity contribution in [2.75, 3.05) is 0 Å². The summed E-state index contributed by atoms with van der Waals surface area (Å²) < 4.78 is 6.73. The fourth-order valence-electron chi connectivity index (χ4n) is 2.88. The Bertz CT molecular complexity index is 669. The van der Waals surface area contributed by atoms with Crippen LogP contribution in [0, 0.1) is 3.57 Å². The van der Waals surface area contributed by atoms with E-state index in [0.29, 0.717) is 5.56 Å². The van der Waals surface area contributed by atoms with Crippen molar-refractivity contribution in [1.29, 1.82) is 0 Å². The van der Waals surface area contributed by atoms with Gasteiger partial charge in [-0.1, -0.05) is 42.5 Å². The first-order valence-electron chi connectivity index (χ1n) is 7.37. The third-order valence-corrected chi connectivity index (χ3v) is 4.92. The van der Waals surface area contributed by atoms with Crippen LogP contribution in [0.25, 0.3) is 0 Å². The predicted octanol–water partition coefficient (Wildman–Crippen LogP) is 3.95. The Hall–Kier alpha value is -1.40. The van der Waals surface area contributed by atoms with Gasteiger partial charge in [0.25, 0.3) is 0 Å².